The Kier molecular flexibility index (Phi) is 7.57. The average molecular weight is 566 g/mol. The Hall–Kier alpha value is -4.29. The minimum Gasteiger partial charge on any atom is -0.503 e. The van der Waals surface area contributed by atoms with Crippen LogP contribution in [0.2, 0.25) is 0 Å². The number of ether oxygens (including phenoxy) is 3. The molecule has 2 aromatic heterocycles. The van der Waals surface area contributed by atoms with Gasteiger partial charge in [0.2, 0.25) is 16.7 Å². The molecule has 1 atom stereocenters. The van der Waals surface area contributed by atoms with Crippen LogP contribution in [-0.2, 0) is 10.5 Å². The quantitative estimate of drug-likeness (QED) is 0.155. The molecule has 2 aromatic carbocycles. The van der Waals surface area contributed by atoms with Crippen molar-refractivity contribution in [1.82, 2.24) is 10.2 Å². The molecule has 0 radical (unpaired) electrons. The lowest BCUT2D eigenvalue weighted by atomic mass is 9.94. The number of carbonyl (C=O) groups excluding carboxylic acids is 2. The highest BCUT2D eigenvalue weighted by Crippen LogP contribution is 2.48. The van der Waals surface area contributed by atoms with Crippen molar-refractivity contribution in [2.45, 2.75) is 16.1 Å². The standard InChI is InChI=1S/C27H23N3O7S2/c1-34-18-12-16(13-19(35-2)24(18)36-3)21-20(22(31)17-10-7-11-37-17)23(32)25(33)30(21)26-28-29-27(39-26)38-14-15-8-5-4-6-9-15/h4-13,21,32H,14H2,1-3H3. The number of thioether (sulfide) groups is 1. The Morgan fingerprint density at radius 2 is 1.77 bits per heavy atom. The van der Waals surface area contributed by atoms with Crippen LogP contribution in [0.25, 0.3) is 0 Å². The van der Waals surface area contributed by atoms with E-state index in [1.165, 1.54) is 61.7 Å². The normalized spacial score (nSPS) is 15.1. The van der Waals surface area contributed by atoms with Gasteiger partial charge in [-0.2, -0.15) is 0 Å². The van der Waals surface area contributed by atoms with Crippen molar-refractivity contribution in [3.8, 4) is 17.2 Å². The number of anilines is 1. The van der Waals surface area contributed by atoms with Gasteiger partial charge >= 0.3 is 0 Å². The first-order valence-electron chi connectivity index (χ1n) is 11.6. The summed E-state index contributed by atoms with van der Waals surface area (Å²) in [7, 11) is 4.39. The van der Waals surface area contributed by atoms with E-state index >= 15 is 0 Å². The van der Waals surface area contributed by atoms with Crippen molar-refractivity contribution in [2.24, 2.45) is 0 Å². The molecule has 4 aromatic rings. The molecule has 1 aliphatic heterocycles. The van der Waals surface area contributed by atoms with E-state index in [4.69, 9.17) is 18.6 Å². The number of ketones is 1. The number of aliphatic hydroxyl groups excluding tert-OH is 1. The number of furan rings is 1. The molecule has 200 valence electrons. The van der Waals surface area contributed by atoms with Gasteiger partial charge in [0.25, 0.3) is 5.91 Å². The van der Waals surface area contributed by atoms with Gasteiger partial charge in [0, 0.05) is 5.75 Å². The molecule has 12 heteroatoms. The Bertz CT molecular complexity index is 1510. The zero-order chi connectivity index (χ0) is 27.5. The Labute approximate surface area is 231 Å². The van der Waals surface area contributed by atoms with E-state index in [-0.39, 0.29) is 16.5 Å². The van der Waals surface area contributed by atoms with Gasteiger partial charge in [-0.05, 0) is 35.4 Å². The Balaban J connectivity index is 1.58. The molecule has 1 N–H and O–H groups in total. The number of amides is 1. The van der Waals surface area contributed by atoms with Crippen molar-refractivity contribution in [3.63, 3.8) is 0 Å². The van der Waals surface area contributed by atoms with E-state index in [0.717, 1.165) is 5.56 Å². The van der Waals surface area contributed by atoms with Crippen LogP contribution in [-0.4, -0.2) is 48.3 Å². The average Bonchev–Trinajstić information content (AvgIpc) is 3.72. The fourth-order valence-electron chi connectivity index (χ4n) is 4.23. The van der Waals surface area contributed by atoms with Gasteiger partial charge in [-0.15, -0.1) is 10.2 Å². The summed E-state index contributed by atoms with van der Waals surface area (Å²) in [4.78, 5) is 28.2. The third-order valence-electron chi connectivity index (χ3n) is 6.01. The topological polar surface area (TPSA) is 124 Å². The zero-order valence-electron chi connectivity index (χ0n) is 21.1. The molecule has 0 spiro atoms. The zero-order valence-corrected chi connectivity index (χ0v) is 22.7. The number of carbonyl (C=O) groups is 2. The predicted octanol–water partition coefficient (Wildman–Crippen LogP) is 5.23. The summed E-state index contributed by atoms with van der Waals surface area (Å²) in [5, 5.41) is 19.7. The summed E-state index contributed by atoms with van der Waals surface area (Å²) >= 11 is 2.65. The van der Waals surface area contributed by atoms with Crippen LogP contribution in [0, 0.1) is 0 Å². The van der Waals surface area contributed by atoms with Gasteiger partial charge in [0.05, 0.1) is 39.2 Å². The lowest BCUT2D eigenvalue weighted by Gasteiger charge is -2.25. The molecule has 10 nitrogen and oxygen atoms in total. The lowest BCUT2D eigenvalue weighted by Crippen LogP contribution is -2.31. The van der Waals surface area contributed by atoms with Crippen molar-refractivity contribution in [1.29, 1.82) is 0 Å². The van der Waals surface area contributed by atoms with Gasteiger partial charge in [0.1, 0.15) is 0 Å². The van der Waals surface area contributed by atoms with Gasteiger partial charge in [-0.3, -0.25) is 14.5 Å². The number of hydrogen-bond donors (Lipinski definition) is 1. The fourth-order valence-corrected chi connectivity index (χ4v) is 6.05. The number of methoxy groups -OCH3 is 3. The maximum Gasteiger partial charge on any atom is 0.296 e. The van der Waals surface area contributed by atoms with Crippen molar-refractivity contribution < 1.29 is 33.3 Å². The molecule has 0 bridgehead atoms. The summed E-state index contributed by atoms with van der Waals surface area (Å²) in [5.74, 6) is -0.551. The first-order valence-corrected chi connectivity index (χ1v) is 13.4. The van der Waals surface area contributed by atoms with Gasteiger partial charge in [-0.1, -0.05) is 53.4 Å². The van der Waals surface area contributed by atoms with Crippen molar-refractivity contribution in [3.05, 3.63) is 89.1 Å². The summed E-state index contributed by atoms with van der Waals surface area (Å²) in [5.41, 5.74) is 1.36. The minimum atomic E-state index is -1.08. The second kappa shape index (κ2) is 11.2. The monoisotopic (exact) mass is 565 g/mol. The number of hydrogen-bond acceptors (Lipinski definition) is 11. The Morgan fingerprint density at radius 3 is 2.38 bits per heavy atom. The van der Waals surface area contributed by atoms with E-state index in [9.17, 15) is 14.7 Å². The fraction of sp³-hybridized carbons (Fsp3) is 0.185. The highest BCUT2D eigenvalue weighted by Gasteiger charge is 2.47. The molecular formula is C27H23N3O7S2. The Morgan fingerprint density at radius 1 is 1.05 bits per heavy atom. The van der Waals surface area contributed by atoms with E-state index in [1.54, 1.807) is 18.2 Å². The van der Waals surface area contributed by atoms with Gasteiger partial charge in [-0.25, -0.2) is 0 Å². The summed E-state index contributed by atoms with van der Waals surface area (Å²) in [6, 6.07) is 15.0. The second-order valence-electron chi connectivity index (χ2n) is 8.23. The number of benzene rings is 2. The minimum absolute atomic E-state index is 0.0278. The molecule has 1 aliphatic rings. The number of Topliss-reactive ketones (excluding diaryl/α,β-unsaturated/α-hetero) is 1. The van der Waals surface area contributed by atoms with Crippen LogP contribution in [0.4, 0.5) is 5.13 Å². The predicted molar refractivity (Wildman–Crippen MR) is 145 cm³/mol. The number of aliphatic hydroxyl groups is 1. The molecule has 0 aliphatic carbocycles. The second-order valence-corrected chi connectivity index (χ2v) is 10.4. The number of aromatic nitrogens is 2. The van der Waals surface area contributed by atoms with Crippen LogP contribution in [0.3, 0.4) is 0 Å². The lowest BCUT2D eigenvalue weighted by molar-refractivity contribution is -0.117. The highest BCUT2D eigenvalue weighted by atomic mass is 32.2. The highest BCUT2D eigenvalue weighted by molar-refractivity contribution is 8.00. The molecule has 0 saturated carbocycles. The largest absolute Gasteiger partial charge is 0.503 e. The van der Waals surface area contributed by atoms with Crippen LogP contribution >= 0.6 is 23.1 Å². The molecule has 3 heterocycles. The molecule has 39 heavy (non-hydrogen) atoms. The van der Waals surface area contributed by atoms with Crippen molar-refractivity contribution in [2.75, 3.05) is 26.2 Å². The van der Waals surface area contributed by atoms with Crippen LogP contribution in [0.1, 0.15) is 27.7 Å². The summed E-state index contributed by atoms with van der Waals surface area (Å²) < 4.78 is 22.4. The van der Waals surface area contributed by atoms with Crippen LogP contribution in [0.5, 0.6) is 17.2 Å². The molecule has 0 saturated heterocycles. The summed E-state index contributed by atoms with van der Waals surface area (Å²) in [6.45, 7) is 0. The van der Waals surface area contributed by atoms with E-state index < -0.39 is 23.5 Å². The van der Waals surface area contributed by atoms with E-state index in [1.807, 2.05) is 30.3 Å². The molecule has 0 fully saturated rings. The first kappa shape index (κ1) is 26.3. The van der Waals surface area contributed by atoms with E-state index in [2.05, 4.69) is 10.2 Å². The molecular weight excluding hydrogens is 542 g/mol. The molecule has 5 rings (SSSR count). The van der Waals surface area contributed by atoms with Crippen LogP contribution in [0.15, 0.2) is 80.9 Å². The smallest absolute Gasteiger partial charge is 0.296 e. The third-order valence-corrected chi connectivity index (χ3v) is 8.13. The first-order chi connectivity index (χ1) is 19.0. The maximum atomic E-state index is 13.5. The maximum absolute atomic E-state index is 13.5. The molecule has 1 amide bonds. The van der Waals surface area contributed by atoms with Gasteiger partial charge < -0.3 is 23.7 Å². The van der Waals surface area contributed by atoms with Gasteiger partial charge in [0.15, 0.2) is 27.4 Å². The SMILES string of the molecule is COc1cc(C2C(C(=O)c3ccco3)=C(O)C(=O)N2c2nnc(SCc3ccccc3)s2)cc(OC)c1OC. The van der Waals surface area contributed by atoms with Crippen molar-refractivity contribution >= 4 is 39.9 Å². The molecule has 1 unspecified atom stereocenters. The summed E-state index contributed by atoms with van der Waals surface area (Å²) in [6.07, 6.45) is 1.34. The number of nitrogens with zero attached hydrogens (tertiary/aromatic N) is 3. The van der Waals surface area contributed by atoms with E-state index in [0.29, 0.717) is 32.9 Å². The third kappa shape index (κ3) is 4.95. The van der Waals surface area contributed by atoms with Crippen LogP contribution < -0.4 is 19.1 Å². The number of rotatable bonds is 10.